The fourth-order valence-electron chi connectivity index (χ4n) is 2.89. The number of hydrogen-bond donors (Lipinski definition) is 0. The Morgan fingerprint density at radius 1 is 1.12 bits per heavy atom. The van der Waals surface area contributed by atoms with Crippen LogP contribution in [0.5, 0.6) is 0 Å². The summed E-state index contributed by atoms with van der Waals surface area (Å²) < 4.78 is 5.46. The zero-order valence-electron chi connectivity index (χ0n) is 13.4. The predicted octanol–water partition coefficient (Wildman–Crippen LogP) is 3.49. The molecular formula is C18H17ClN4O. The Balaban J connectivity index is 1.91. The predicted molar refractivity (Wildman–Crippen MR) is 95.5 cm³/mol. The van der Waals surface area contributed by atoms with Gasteiger partial charge in [0, 0.05) is 24.8 Å². The Hall–Kier alpha value is -2.24. The minimum absolute atomic E-state index is 0.573. The summed E-state index contributed by atoms with van der Waals surface area (Å²) in [5.74, 6) is 1.54. The van der Waals surface area contributed by atoms with E-state index in [2.05, 4.69) is 33.9 Å². The summed E-state index contributed by atoms with van der Waals surface area (Å²) in [5.41, 5.74) is 3.70. The fraction of sp³-hybridized carbons (Fsp3) is 0.278. The molecule has 1 saturated heterocycles. The topological polar surface area (TPSA) is 51.1 Å². The lowest BCUT2D eigenvalue weighted by atomic mass is 10.1. The minimum atomic E-state index is 0.573. The lowest BCUT2D eigenvalue weighted by Gasteiger charge is -2.28. The van der Waals surface area contributed by atoms with Gasteiger partial charge in [0.2, 0.25) is 0 Å². The van der Waals surface area contributed by atoms with Crippen molar-refractivity contribution in [2.75, 3.05) is 31.2 Å². The summed E-state index contributed by atoms with van der Waals surface area (Å²) >= 11 is 6.12. The molecule has 0 bridgehead atoms. The first-order valence-corrected chi connectivity index (χ1v) is 8.31. The number of halogens is 1. The van der Waals surface area contributed by atoms with Crippen molar-refractivity contribution < 1.29 is 4.74 Å². The van der Waals surface area contributed by atoms with Gasteiger partial charge in [-0.3, -0.25) is 0 Å². The first-order valence-electron chi connectivity index (χ1n) is 7.94. The average Bonchev–Trinajstić information content (AvgIpc) is 2.61. The maximum Gasteiger partial charge on any atom is 0.162 e. The van der Waals surface area contributed by atoms with Crippen molar-refractivity contribution in [2.24, 2.45) is 0 Å². The molecule has 0 atom stereocenters. The molecule has 4 rings (SSSR count). The first-order chi connectivity index (χ1) is 11.7. The van der Waals surface area contributed by atoms with E-state index in [1.54, 1.807) is 6.20 Å². The van der Waals surface area contributed by atoms with E-state index in [1.165, 1.54) is 5.56 Å². The Morgan fingerprint density at radius 2 is 1.96 bits per heavy atom. The van der Waals surface area contributed by atoms with Crippen LogP contribution in [0.1, 0.15) is 5.56 Å². The van der Waals surface area contributed by atoms with Crippen LogP contribution in [0.2, 0.25) is 5.02 Å². The van der Waals surface area contributed by atoms with Crippen molar-refractivity contribution in [3.63, 3.8) is 0 Å². The van der Waals surface area contributed by atoms with Crippen LogP contribution in [0.3, 0.4) is 0 Å². The van der Waals surface area contributed by atoms with Crippen LogP contribution in [0.4, 0.5) is 5.82 Å². The molecule has 3 heterocycles. The van der Waals surface area contributed by atoms with Crippen LogP contribution in [-0.2, 0) is 4.74 Å². The van der Waals surface area contributed by atoms with Gasteiger partial charge in [-0.1, -0.05) is 35.4 Å². The average molecular weight is 341 g/mol. The highest BCUT2D eigenvalue weighted by Crippen LogP contribution is 2.28. The van der Waals surface area contributed by atoms with Gasteiger partial charge < -0.3 is 9.64 Å². The van der Waals surface area contributed by atoms with Crippen molar-refractivity contribution >= 4 is 28.5 Å². The summed E-state index contributed by atoms with van der Waals surface area (Å²) in [4.78, 5) is 16.2. The van der Waals surface area contributed by atoms with E-state index in [4.69, 9.17) is 21.3 Å². The fourth-order valence-corrected chi connectivity index (χ4v) is 3.04. The van der Waals surface area contributed by atoms with Crippen molar-refractivity contribution in [1.29, 1.82) is 0 Å². The molecule has 1 aromatic carbocycles. The summed E-state index contributed by atoms with van der Waals surface area (Å²) in [6.45, 7) is 5.04. The first kappa shape index (κ1) is 15.3. The maximum absolute atomic E-state index is 6.12. The van der Waals surface area contributed by atoms with Gasteiger partial charge in [-0.05, 0) is 19.1 Å². The lowest BCUT2D eigenvalue weighted by Crippen LogP contribution is -2.37. The maximum atomic E-state index is 6.12. The van der Waals surface area contributed by atoms with E-state index in [0.29, 0.717) is 24.1 Å². The van der Waals surface area contributed by atoms with Crippen LogP contribution in [0.25, 0.3) is 22.4 Å². The van der Waals surface area contributed by atoms with Crippen LogP contribution < -0.4 is 4.90 Å². The van der Waals surface area contributed by atoms with Crippen LogP contribution in [0.15, 0.2) is 36.5 Å². The molecule has 0 saturated carbocycles. The van der Waals surface area contributed by atoms with Crippen LogP contribution in [-0.4, -0.2) is 41.3 Å². The van der Waals surface area contributed by atoms with Crippen LogP contribution in [0, 0.1) is 6.92 Å². The third-order valence-corrected chi connectivity index (χ3v) is 4.28. The third kappa shape index (κ3) is 2.92. The number of morpholine rings is 1. The SMILES string of the molecule is Cc1cccc(-c2nc(N3CCOCC3)c3ncc(Cl)cc3n2)c1. The summed E-state index contributed by atoms with van der Waals surface area (Å²) in [6.07, 6.45) is 1.64. The Morgan fingerprint density at radius 3 is 2.75 bits per heavy atom. The van der Waals surface area contributed by atoms with Gasteiger partial charge in [-0.2, -0.15) is 0 Å². The van der Waals surface area contributed by atoms with Gasteiger partial charge in [0.1, 0.15) is 5.52 Å². The second kappa shape index (κ2) is 6.34. The van der Waals surface area contributed by atoms with Crippen LogP contribution >= 0.6 is 11.6 Å². The van der Waals surface area contributed by atoms with E-state index in [-0.39, 0.29) is 0 Å². The van der Waals surface area contributed by atoms with E-state index < -0.39 is 0 Å². The quantitative estimate of drug-likeness (QED) is 0.714. The number of anilines is 1. The molecule has 5 nitrogen and oxygen atoms in total. The van der Waals surface area contributed by atoms with Crippen molar-refractivity contribution in [3.05, 3.63) is 47.1 Å². The number of aromatic nitrogens is 3. The number of aryl methyl sites for hydroxylation is 1. The molecule has 0 aliphatic carbocycles. The van der Waals surface area contributed by atoms with Gasteiger partial charge in [0.15, 0.2) is 11.6 Å². The molecule has 0 amide bonds. The lowest BCUT2D eigenvalue weighted by molar-refractivity contribution is 0.122. The highest BCUT2D eigenvalue weighted by Gasteiger charge is 2.19. The number of hydrogen-bond acceptors (Lipinski definition) is 5. The molecule has 2 aromatic heterocycles. The molecule has 1 fully saturated rings. The van der Waals surface area contributed by atoms with Gasteiger partial charge in [-0.15, -0.1) is 0 Å². The van der Waals surface area contributed by atoms with Gasteiger partial charge in [0.25, 0.3) is 0 Å². The highest BCUT2D eigenvalue weighted by molar-refractivity contribution is 6.31. The summed E-state index contributed by atoms with van der Waals surface area (Å²) in [7, 11) is 0. The number of nitrogens with zero attached hydrogens (tertiary/aromatic N) is 4. The molecule has 1 aliphatic rings. The van der Waals surface area contributed by atoms with Crippen molar-refractivity contribution in [2.45, 2.75) is 6.92 Å². The minimum Gasteiger partial charge on any atom is -0.378 e. The van der Waals surface area contributed by atoms with E-state index in [1.807, 2.05) is 18.2 Å². The molecule has 0 unspecified atom stereocenters. The third-order valence-electron chi connectivity index (χ3n) is 4.07. The Bertz CT molecular complexity index is 893. The summed E-state index contributed by atoms with van der Waals surface area (Å²) in [6, 6.07) is 10.0. The second-order valence-electron chi connectivity index (χ2n) is 5.86. The van der Waals surface area contributed by atoms with Crippen molar-refractivity contribution in [3.8, 4) is 11.4 Å². The molecular weight excluding hydrogens is 324 g/mol. The number of rotatable bonds is 2. The molecule has 24 heavy (non-hydrogen) atoms. The smallest absolute Gasteiger partial charge is 0.162 e. The zero-order chi connectivity index (χ0) is 16.5. The van der Waals surface area contributed by atoms with Gasteiger partial charge in [-0.25, -0.2) is 15.0 Å². The zero-order valence-corrected chi connectivity index (χ0v) is 14.1. The van der Waals surface area contributed by atoms with E-state index >= 15 is 0 Å². The molecule has 0 spiro atoms. The molecule has 0 N–H and O–H groups in total. The number of pyridine rings is 1. The number of fused-ring (bicyclic) bond motifs is 1. The highest BCUT2D eigenvalue weighted by atomic mass is 35.5. The normalized spacial score (nSPS) is 15.0. The molecule has 1 aliphatic heterocycles. The molecule has 122 valence electrons. The number of ether oxygens (including phenoxy) is 1. The standard InChI is InChI=1S/C18H17ClN4O/c1-12-3-2-4-13(9-12)17-21-15-10-14(19)11-20-16(15)18(22-17)23-5-7-24-8-6-23/h2-4,9-11H,5-8H2,1H3. The van der Waals surface area contributed by atoms with E-state index in [9.17, 15) is 0 Å². The van der Waals surface area contributed by atoms with E-state index in [0.717, 1.165) is 35.5 Å². The molecule has 0 radical (unpaired) electrons. The van der Waals surface area contributed by atoms with Gasteiger partial charge in [0.05, 0.1) is 23.8 Å². The monoisotopic (exact) mass is 340 g/mol. The Kier molecular flexibility index (Phi) is 4.04. The molecule has 6 heteroatoms. The largest absolute Gasteiger partial charge is 0.378 e. The van der Waals surface area contributed by atoms with Crippen molar-refractivity contribution in [1.82, 2.24) is 15.0 Å². The Labute approximate surface area is 145 Å². The summed E-state index contributed by atoms with van der Waals surface area (Å²) in [5, 5.41) is 0.573. The molecule has 3 aromatic rings. The van der Waals surface area contributed by atoms with Gasteiger partial charge >= 0.3 is 0 Å². The second-order valence-corrected chi connectivity index (χ2v) is 6.30. The number of benzene rings is 1.